The van der Waals surface area contributed by atoms with Crippen LogP contribution in [0.5, 0.6) is 0 Å². The van der Waals surface area contributed by atoms with E-state index in [0.717, 1.165) is 49.4 Å². The van der Waals surface area contributed by atoms with Crippen LogP contribution in [-0.2, 0) is 0 Å². The van der Waals surface area contributed by atoms with Crippen LogP contribution in [0.2, 0.25) is 0 Å². The van der Waals surface area contributed by atoms with Gasteiger partial charge in [0.25, 0.3) is 0 Å². The largest absolute Gasteiger partial charge is 0.452 e. The standard InChI is InChI=1S/C52H30O2/c1-2-14-33-31(12-1)13-11-22-39(33)49-40-18-5-7-20-42(40)50(43-21-8-6-19-41(43)49)44-27-26-34(35-15-3-4-16-36(35)44)32-24-25-38-46-29-28-45-37-17-9-10-23-47(37)53-51(45)52(46)54-48(38)30-32/h1-30H. The van der Waals surface area contributed by atoms with Crippen molar-refractivity contribution in [3.63, 3.8) is 0 Å². The van der Waals surface area contributed by atoms with Crippen LogP contribution in [0.1, 0.15) is 0 Å². The average molecular weight is 687 g/mol. The third kappa shape index (κ3) is 4.11. The predicted molar refractivity (Wildman–Crippen MR) is 227 cm³/mol. The molecule has 0 aliphatic carbocycles. The van der Waals surface area contributed by atoms with Gasteiger partial charge in [0.2, 0.25) is 0 Å². The number of hydrogen-bond acceptors (Lipinski definition) is 2. The zero-order valence-corrected chi connectivity index (χ0v) is 29.1. The molecule has 2 aromatic heterocycles. The van der Waals surface area contributed by atoms with Gasteiger partial charge >= 0.3 is 0 Å². The fourth-order valence-corrected chi connectivity index (χ4v) is 9.11. The summed E-state index contributed by atoms with van der Waals surface area (Å²) in [6.07, 6.45) is 0. The van der Waals surface area contributed by atoms with E-state index in [9.17, 15) is 0 Å². The summed E-state index contributed by atoms with van der Waals surface area (Å²) in [6, 6.07) is 65.8. The van der Waals surface area contributed by atoms with Crippen LogP contribution in [0.25, 0.3) is 120 Å². The smallest absolute Gasteiger partial charge is 0.178 e. The molecule has 2 heterocycles. The molecule has 12 rings (SSSR count). The lowest BCUT2D eigenvalue weighted by Gasteiger charge is -2.20. The molecule has 12 aromatic rings. The molecule has 0 aliphatic rings. The first-order chi connectivity index (χ1) is 26.8. The quantitative estimate of drug-likeness (QED) is 0.173. The summed E-state index contributed by atoms with van der Waals surface area (Å²) in [7, 11) is 0. The fraction of sp³-hybridized carbons (Fsp3) is 0. The van der Waals surface area contributed by atoms with Crippen molar-refractivity contribution in [1.29, 1.82) is 0 Å². The Kier molecular flexibility index (Phi) is 6.09. The number of fused-ring (bicyclic) bond motifs is 11. The molecule has 10 aromatic carbocycles. The van der Waals surface area contributed by atoms with Crippen molar-refractivity contribution in [3.05, 3.63) is 182 Å². The van der Waals surface area contributed by atoms with Crippen molar-refractivity contribution >= 4 is 87.0 Å². The molecule has 0 bridgehead atoms. The molecule has 2 heteroatoms. The summed E-state index contributed by atoms with van der Waals surface area (Å²) >= 11 is 0. The fourth-order valence-electron chi connectivity index (χ4n) is 9.11. The summed E-state index contributed by atoms with van der Waals surface area (Å²) in [4.78, 5) is 0. The van der Waals surface area contributed by atoms with E-state index < -0.39 is 0 Å². The zero-order chi connectivity index (χ0) is 35.3. The first-order valence-electron chi connectivity index (χ1n) is 18.5. The Hall–Kier alpha value is -7.16. The normalized spacial score (nSPS) is 12.1. The molecule has 0 spiro atoms. The van der Waals surface area contributed by atoms with Crippen molar-refractivity contribution in [2.75, 3.05) is 0 Å². The van der Waals surface area contributed by atoms with Crippen molar-refractivity contribution in [1.82, 2.24) is 0 Å². The maximum absolute atomic E-state index is 6.64. The van der Waals surface area contributed by atoms with Gasteiger partial charge in [-0.2, -0.15) is 0 Å². The van der Waals surface area contributed by atoms with Gasteiger partial charge in [0.1, 0.15) is 11.2 Å². The third-order valence-corrected chi connectivity index (χ3v) is 11.5. The number of hydrogen-bond donors (Lipinski definition) is 0. The zero-order valence-electron chi connectivity index (χ0n) is 29.1. The third-order valence-electron chi connectivity index (χ3n) is 11.5. The highest BCUT2D eigenvalue weighted by atomic mass is 16.4. The highest BCUT2D eigenvalue weighted by Crippen LogP contribution is 2.48. The summed E-state index contributed by atoms with van der Waals surface area (Å²) in [5, 5.41) is 14.3. The van der Waals surface area contributed by atoms with E-state index in [1.807, 2.05) is 18.2 Å². The summed E-state index contributed by atoms with van der Waals surface area (Å²) < 4.78 is 13.0. The van der Waals surface area contributed by atoms with E-state index in [1.54, 1.807) is 0 Å². The maximum Gasteiger partial charge on any atom is 0.178 e. The molecule has 0 radical (unpaired) electrons. The Balaban J connectivity index is 1.08. The molecule has 54 heavy (non-hydrogen) atoms. The van der Waals surface area contributed by atoms with E-state index >= 15 is 0 Å². The monoisotopic (exact) mass is 686 g/mol. The first kappa shape index (κ1) is 29.4. The van der Waals surface area contributed by atoms with Gasteiger partial charge in [-0.3, -0.25) is 0 Å². The van der Waals surface area contributed by atoms with Crippen molar-refractivity contribution in [2.45, 2.75) is 0 Å². The molecule has 0 saturated carbocycles. The molecule has 0 fully saturated rings. The van der Waals surface area contributed by atoms with Crippen LogP contribution in [0.3, 0.4) is 0 Å². The topological polar surface area (TPSA) is 26.3 Å². The molecular formula is C52H30O2. The molecular weight excluding hydrogens is 657 g/mol. The lowest BCUT2D eigenvalue weighted by molar-refractivity contribution is 0.633. The minimum atomic E-state index is 0.793. The van der Waals surface area contributed by atoms with Crippen molar-refractivity contribution < 1.29 is 8.83 Å². The molecule has 250 valence electrons. The molecule has 0 unspecified atom stereocenters. The number of rotatable bonds is 3. The second-order valence-corrected chi connectivity index (χ2v) is 14.3. The molecule has 0 aliphatic heterocycles. The average Bonchev–Trinajstić information content (AvgIpc) is 3.81. The minimum absolute atomic E-state index is 0.793. The van der Waals surface area contributed by atoms with E-state index in [0.29, 0.717) is 0 Å². The van der Waals surface area contributed by atoms with Crippen LogP contribution in [0.15, 0.2) is 191 Å². The summed E-state index contributed by atoms with van der Waals surface area (Å²) in [6.45, 7) is 0. The van der Waals surface area contributed by atoms with Crippen LogP contribution >= 0.6 is 0 Å². The van der Waals surface area contributed by atoms with Gasteiger partial charge in [-0.05, 0) is 107 Å². The Morgan fingerprint density at radius 1 is 0.259 bits per heavy atom. The van der Waals surface area contributed by atoms with Gasteiger partial charge in [-0.25, -0.2) is 0 Å². The second kappa shape index (κ2) is 11.2. The number of benzene rings is 10. The van der Waals surface area contributed by atoms with E-state index in [2.05, 4.69) is 164 Å². The SMILES string of the molecule is c1ccc2c(-c3c4ccccc4c(-c4ccc(-c5ccc6c(c5)oc5c6ccc6c7ccccc7oc65)c5ccccc45)c4ccccc34)cccc2c1. The lowest BCUT2D eigenvalue weighted by Crippen LogP contribution is -1.93. The van der Waals surface area contributed by atoms with Crippen LogP contribution in [0.4, 0.5) is 0 Å². The van der Waals surface area contributed by atoms with Crippen molar-refractivity contribution in [3.8, 4) is 33.4 Å². The molecule has 0 amide bonds. The molecule has 0 N–H and O–H groups in total. The highest BCUT2D eigenvalue weighted by Gasteiger charge is 2.21. The summed E-state index contributed by atoms with van der Waals surface area (Å²) in [5.74, 6) is 0. The second-order valence-electron chi connectivity index (χ2n) is 14.3. The van der Waals surface area contributed by atoms with Gasteiger partial charge < -0.3 is 8.83 Å². The molecule has 2 nitrogen and oxygen atoms in total. The predicted octanol–water partition coefficient (Wildman–Crippen LogP) is 15.1. The Labute approximate surface area is 310 Å². The van der Waals surface area contributed by atoms with Gasteiger partial charge in [-0.1, -0.05) is 152 Å². The van der Waals surface area contributed by atoms with Crippen LogP contribution < -0.4 is 0 Å². The Morgan fingerprint density at radius 3 is 1.37 bits per heavy atom. The Bertz CT molecular complexity index is 3440. The van der Waals surface area contributed by atoms with E-state index in [4.69, 9.17) is 8.83 Å². The number of para-hydroxylation sites is 1. The minimum Gasteiger partial charge on any atom is -0.452 e. The lowest BCUT2D eigenvalue weighted by atomic mass is 9.83. The highest BCUT2D eigenvalue weighted by molar-refractivity contribution is 6.26. The molecule has 0 atom stereocenters. The first-order valence-corrected chi connectivity index (χ1v) is 18.5. The maximum atomic E-state index is 6.64. The molecule has 0 saturated heterocycles. The van der Waals surface area contributed by atoms with Crippen LogP contribution in [-0.4, -0.2) is 0 Å². The Morgan fingerprint density at radius 2 is 0.704 bits per heavy atom. The van der Waals surface area contributed by atoms with Gasteiger partial charge in [0, 0.05) is 21.5 Å². The van der Waals surface area contributed by atoms with Gasteiger partial charge in [-0.15, -0.1) is 0 Å². The number of furan rings is 2. The van der Waals surface area contributed by atoms with Crippen molar-refractivity contribution in [2.24, 2.45) is 0 Å². The van der Waals surface area contributed by atoms with E-state index in [-0.39, 0.29) is 0 Å². The van der Waals surface area contributed by atoms with Crippen LogP contribution in [0, 0.1) is 0 Å². The van der Waals surface area contributed by atoms with Gasteiger partial charge in [0.05, 0.1) is 0 Å². The van der Waals surface area contributed by atoms with E-state index in [1.165, 1.54) is 70.9 Å². The van der Waals surface area contributed by atoms with Gasteiger partial charge in [0.15, 0.2) is 11.2 Å². The summed E-state index contributed by atoms with van der Waals surface area (Å²) in [5.41, 5.74) is 10.6.